The highest BCUT2D eigenvalue weighted by atomic mass is 32.1. The first-order valence-corrected chi connectivity index (χ1v) is 7.90. The summed E-state index contributed by atoms with van der Waals surface area (Å²) in [6.45, 7) is 0.321. The van der Waals surface area contributed by atoms with Crippen LogP contribution in [0.4, 0.5) is 5.69 Å². The normalized spacial score (nSPS) is 10.5. The lowest BCUT2D eigenvalue weighted by atomic mass is 10.2. The lowest BCUT2D eigenvalue weighted by Gasteiger charge is -2.03. The number of non-ortho nitro benzene ring substituents is 1. The fourth-order valence-corrected chi connectivity index (χ4v) is 2.63. The van der Waals surface area contributed by atoms with E-state index in [9.17, 15) is 14.9 Å². The Morgan fingerprint density at radius 1 is 1.29 bits per heavy atom. The monoisotopic (exact) mass is 344 g/mol. The van der Waals surface area contributed by atoms with Crippen molar-refractivity contribution < 1.29 is 14.2 Å². The average molecular weight is 344 g/mol. The van der Waals surface area contributed by atoms with Crippen LogP contribution < -0.4 is 5.32 Å². The van der Waals surface area contributed by atoms with Crippen LogP contribution in [-0.2, 0) is 6.42 Å². The van der Waals surface area contributed by atoms with Crippen LogP contribution in [0.25, 0.3) is 10.7 Å². The van der Waals surface area contributed by atoms with Gasteiger partial charge in [-0.15, -0.1) is 11.3 Å². The van der Waals surface area contributed by atoms with Crippen molar-refractivity contribution >= 4 is 22.9 Å². The van der Waals surface area contributed by atoms with E-state index in [0.717, 1.165) is 4.88 Å². The minimum atomic E-state index is -0.511. The molecule has 0 aliphatic carbocycles. The van der Waals surface area contributed by atoms with E-state index in [0.29, 0.717) is 30.2 Å². The van der Waals surface area contributed by atoms with Crippen molar-refractivity contribution in [3.8, 4) is 10.7 Å². The summed E-state index contributed by atoms with van der Waals surface area (Å²) in [5, 5.41) is 19.1. The Hall–Kier alpha value is -3.07. The largest absolute Gasteiger partial charge is 0.352 e. The van der Waals surface area contributed by atoms with Crippen LogP contribution in [0.3, 0.4) is 0 Å². The van der Waals surface area contributed by atoms with E-state index in [-0.39, 0.29) is 11.6 Å². The number of rotatable bonds is 6. The van der Waals surface area contributed by atoms with E-state index < -0.39 is 4.92 Å². The molecule has 0 aliphatic rings. The van der Waals surface area contributed by atoms with Crippen LogP contribution in [0, 0.1) is 10.1 Å². The summed E-state index contributed by atoms with van der Waals surface area (Å²) in [4.78, 5) is 27.2. The van der Waals surface area contributed by atoms with Crippen LogP contribution in [0.5, 0.6) is 0 Å². The van der Waals surface area contributed by atoms with Crippen molar-refractivity contribution in [2.24, 2.45) is 0 Å². The Balaban J connectivity index is 1.52. The van der Waals surface area contributed by atoms with Crippen molar-refractivity contribution in [2.45, 2.75) is 6.42 Å². The van der Waals surface area contributed by atoms with Gasteiger partial charge in [-0.05, 0) is 23.6 Å². The molecule has 0 saturated carbocycles. The molecule has 2 aromatic heterocycles. The fraction of sp³-hybridized carbons (Fsp3) is 0.133. The number of thiophene rings is 1. The standard InChI is InChI=1S/C15H12N4O4S/c20-15(10-3-5-11(6-4-10)19(21)22)16-8-7-13-17-14(18-23-13)12-2-1-9-24-12/h1-6,9H,7-8H2,(H,16,20). The Kier molecular flexibility index (Phi) is 4.62. The summed E-state index contributed by atoms with van der Waals surface area (Å²) in [5.74, 6) is 0.645. The molecule has 3 aromatic rings. The zero-order valence-corrected chi connectivity index (χ0v) is 13.2. The van der Waals surface area contributed by atoms with Crippen LogP contribution >= 0.6 is 11.3 Å². The lowest BCUT2D eigenvalue weighted by molar-refractivity contribution is -0.384. The molecule has 0 fully saturated rings. The summed E-state index contributed by atoms with van der Waals surface area (Å²) in [6.07, 6.45) is 0.400. The van der Waals surface area contributed by atoms with E-state index in [1.165, 1.54) is 35.6 Å². The second-order valence-corrected chi connectivity index (χ2v) is 5.75. The summed E-state index contributed by atoms with van der Waals surface area (Å²) >= 11 is 1.52. The maximum atomic E-state index is 12.0. The number of aromatic nitrogens is 2. The van der Waals surface area contributed by atoms with Gasteiger partial charge in [0.15, 0.2) is 0 Å². The number of carbonyl (C=O) groups is 1. The van der Waals surface area contributed by atoms with Gasteiger partial charge in [0.2, 0.25) is 11.7 Å². The molecule has 122 valence electrons. The first-order chi connectivity index (χ1) is 11.6. The molecular formula is C15H12N4O4S. The fourth-order valence-electron chi connectivity index (χ4n) is 1.98. The number of nitro benzene ring substituents is 1. The Morgan fingerprint density at radius 2 is 2.08 bits per heavy atom. The van der Waals surface area contributed by atoms with Crippen molar-refractivity contribution in [3.05, 3.63) is 63.3 Å². The van der Waals surface area contributed by atoms with Crippen LogP contribution in [0.15, 0.2) is 46.3 Å². The predicted octanol–water partition coefficient (Wildman–Crippen LogP) is 2.68. The molecule has 8 nitrogen and oxygen atoms in total. The molecule has 1 aromatic carbocycles. The van der Waals surface area contributed by atoms with Gasteiger partial charge < -0.3 is 9.84 Å². The molecule has 2 heterocycles. The molecule has 0 atom stereocenters. The minimum Gasteiger partial charge on any atom is -0.352 e. The van der Waals surface area contributed by atoms with E-state index in [1.54, 1.807) is 0 Å². The van der Waals surface area contributed by atoms with Crippen molar-refractivity contribution in [1.29, 1.82) is 0 Å². The molecule has 1 N–H and O–H groups in total. The molecule has 0 unspecified atom stereocenters. The number of amides is 1. The second kappa shape index (κ2) is 7.01. The zero-order valence-electron chi connectivity index (χ0n) is 12.3. The maximum Gasteiger partial charge on any atom is 0.269 e. The highest BCUT2D eigenvalue weighted by Gasteiger charge is 2.11. The smallest absolute Gasteiger partial charge is 0.269 e. The number of nitro groups is 1. The topological polar surface area (TPSA) is 111 Å². The highest BCUT2D eigenvalue weighted by Crippen LogP contribution is 2.21. The van der Waals surface area contributed by atoms with Gasteiger partial charge in [0.25, 0.3) is 11.6 Å². The van der Waals surface area contributed by atoms with Gasteiger partial charge in [0.1, 0.15) is 0 Å². The molecule has 0 radical (unpaired) electrons. The summed E-state index contributed by atoms with van der Waals surface area (Å²) in [7, 11) is 0. The third-order valence-electron chi connectivity index (χ3n) is 3.17. The zero-order chi connectivity index (χ0) is 16.9. The van der Waals surface area contributed by atoms with Gasteiger partial charge in [-0.2, -0.15) is 4.98 Å². The highest BCUT2D eigenvalue weighted by molar-refractivity contribution is 7.13. The lowest BCUT2D eigenvalue weighted by Crippen LogP contribution is -2.25. The SMILES string of the molecule is O=C(NCCc1nc(-c2cccs2)no1)c1ccc([N+](=O)[O-])cc1. The number of nitrogens with one attached hydrogen (secondary N) is 1. The summed E-state index contributed by atoms with van der Waals surface area (Å²) in [6, 6.07) is 9.21. The Morgan fingerprint density at radius 3 is 2.75 bits per heavy atom. The molecule has 0 saturated heterocycles. The third kappa shape index (κ3) is 3.63. The first kappa shape index (κ1) is 15.8. The third-order valence-corrected chi connectivity index (χ3v) is 4.04. The number of nitrogens with zero attached hydrogens (tertiary/aromatic N) is 3. The molecule has 9 heteroatoms. The molecule has 0 bridgehead atoms. The Labute approximate surface area is 140 Å². The maximum absolute atomic E-state index is 12.0. The number of hydrogen-bond acceptors (Lipinski definition) is 7. The average Bonchev–Trinajstić information content (AvgIpc) is 3.26. The van der Waals surface area contributed by atoms with Crippen LogP contribution in [0.2, 0.25) is 0 Å². The van der Waals surface area contributed by atoms with Gasteiger partial charge in [-0.3, -0.25) is 14.9 Å². The van der Waals surface area contributed by atoms with Gasteiger partial charge >= 0.3 is 0 Å². The van der Waals surface area contributed by atoms with Crippen LogP contribution in [0.1, 0.15) is 16.2 Å². The quantitative estimate of drug-likeness (QED) is 0.543. The number of benzene rings is 1. The summed E-state index contributed by atoms with van der Waals surface area (Å²) in [5.41, 5.74) is 0.295. The summed E-state index contributed by atoms with van der Waals surface area (Å²) < 4.78 is 5.14. The van der Waals surface area contributed by atoms with Crippen molar-refractivity contribution in [3.63, 3.8) is 0 Å². The first-order valence-electron chi connectivity index (χ1n) is 7.02. The Bertz CT molecular complexity index is 843. The number of carbonyl (C=O) groups excluding carboxylic acids is 1. The molecular weight excluding hydrogens is 332 g/mol. The molecule has 24 heavy (non-hydrogen) atoms. The van der Waals surface area contributed by atoms with E-state index >= 15 is 0 Å². The minimum absolute atomic E-state index is 0.0569. The molecule has 0 aliphatic heterocycles. The second-order valence-electron chi connectivity index (χ2n) is 4.80. The van der Waals surface area contributed by atoms with Crippen molar-refractivity contribution in [1.82, 2.24) is 15.5 Å². The van der Waals surface area contributed by atoms with E-state index in [1.807, 2.05) is 17.5 Å². The van der Waals surface area contributed by atoms with Crippen LogP contribution in [-0.4, -0.2) is 27.5 Å². The van der Waals surface area contributed by atoms with Gasteiger partial charge in [0, 0.05) is 30.7 Å². The molecule has 1 amide bonds. The molecule has 3 rings (SSSR count). The van der Waals surface area contributed by atoms with E-state index in [4.69, 9.17) is 4.52 Å². The number of hydrogen-bond donors (Lipinski definition) is 1. The van der Waals surface area contributed by atoms with Gasteiger partial charge in [0.05, 0.1) is 9.80 Å². The van der Waals surface area contributed by atoms with Gasteiger partial charge in [-0.1, -0.05) is 11.2 Å². The molecule has 0 spiro atoms. The van der Waals surface area contributed by atoms with Gasteiger partial charge in [-0.25, -0.2) is 0 Å². The van der Waals surface area contributed by atoms with Crippen molar-refractivity contribution in [2.75, 3.05) is 6.54 Å². The predicted molar refractivity (Wildman–Crippen MR) is 86.7 cm³/mol. The van der Waals surface area contributed by atoms with E-state index in [2.05, 4.69) is 15.5 Å².